The molecular formula is C21H15F4N5O2S. The molecule has 0 radical (unpaired) electrons. The van der Waals surface area contributed by atoms with E-state index in [-0.39, 0.29) is 45.9 Å². The van der Waals surface area contributed by atoms with Crippen molar-refractivity contribution in [1.82, 2.24) is 19.3 Å². The summed E-state index contributed by atoms with van der Waals surface area (Å²) in [5.74, 6) is -0.956. The Balaban J connectivity index is 1.48. The maximum atomic E-state index is 14.9. The summed E-state index contributed by atoms with van der Waals surface area (Å²) in [6, 6.07) is 6.01. The molecule has 0 fully saturated rings. The number of halogens is 4. The molecule has 1 aliphatic rings. The van der Waals surface area contributed by atoms with Gasteiger partial charge in [-0.05, 0) is 30.0 Å². The Morgan fingerprint density at radius 3 is 2.82 bits per heavy atom. The highest BCUT2D eigenvalue weighted by Gasteiger charge is 2.34. The van der Waals surface area contributed by atoms with E-state index in [2.05, 4.69) is 9.97 Å². The van der Waals surface area contributed by atoms with Gasteiger partial charge in [-0.1, -0.05) is 6.07 Å². The predicted molar refractivity (Wildman–Crippen MR) is 114 cm³/mol. The fraction of sp³-hybridized carbons (Fsp3) is 0.190. The lowest BCUT2D eigenvalue weighted by Gasteiger charge is -2.24. The number of amides is 1. The lowest BCUT2D eigenvalue weighted by molar-refractivity contribution is -0.0328. The molecule has 4 aromatic rings. The van der Waals surface area contributed by atoms with E-state index in [9.17, 15) is 22.4 Å². The van der Waals surface area contributed by atoms with Crippen LogP contribution in [0, 0.1) is 5.82 Å². The number of thioether (sulfide) groups is 1. The molecule has 0 aliphatic carbocycles. The second-order valence-electron chi connectivity index (χ2n) is 7.46. The number of carbonyl (C=O) groups is 1. The lowest BCUT2D eigenvalue weighted by Crippen LogP contribution is -2.32. The van der Waals surface area contributed by atoms with Crippen molar-refractivity contribution in [1.29, 1.82) is 0 Å². The van der Waals surface area contributed by atoms with Crippen LogP contribution in [0.3, 0.4) is 0 Å². The number of rotatable bonds is 3. The van der Waals surface area contributed by atoms with E-state index >= 15 is 0 Å². The predicted octanol–water partition coefficient (Wildman–Crippen LogP) is 4.42. The number of hydrogen-bond donors (Lipinski definition) is 1. The van der Waals surface area contributed by atoms with E-state index in [1.165, 1.54) is 48.7 Å². The standard InChI is InChI=1S/C21H15F4N5O2S/c1-29(17-8-32-18-4-10(2-3-11(17)18)33-21(23,24)25)20(31)12-5-15-14(6-13(12)22)28-19(26)16-7-27-9-30(15)16/h2-7,9,17H,8H2,1H3,(H2,26,28)/t17-/m1/s1. The third-order valence-corrected chi connectivity index (χ3v) is 6.18. The van der Waals surface area contributed by atoms with Gasteiger partial charge in [-0.2, -0.15) is 13.2 Å². The van der Waals surface area contributed by atoms with Crippen LogP contribution in [0.25, 0.3) is 16.6 Å². The van der Waals surface area contributed by atoms with Crippen molar-refractivity contribution >= 4 is 40.0 Å². The van der Waals surface area contributed by atoms with Crippen LogP contribution in [0.2, 0.25) is 0 Å². The topological polar surface area (TPSA) is 85.8 Å². The average molecular weight is 477 g/mol. The van der Waals surface area contributed by atoms with E-state index in [0.29, 0.717) is 16.6 Å². The van der Waals surface area contributed by atoms with Gasteiger partial charge in [0.05, 0.1) is 35.2 Å². The first-order valence-electron chi connectivity index (χ1n) is 9.63. The Hall–Kier alpha value is -3.54. The number of ether oxygens (including phenoxy) is 1. The van der Waals surface area contributed by atoms with Crippen LogP contribution in [-0.2, 0) is 0 Å². The van der Waals surface area contributed by atoms with E-state index in [0.717, 1.165) is 6.07 Å². The molecule has 33 heavy (non-hydrogen) atoms. The second-order valence-corrected chi connectivity index (χ2v) is 8.60. The molecule has 2 aromatic carbocycles. The van der Waals surface area contributed by atoms with Crippen molar-refractivity contribution in [3.05, 3.63) is 59.8 Å². The number of nitrogen functional groups attached to an aromatic ring is 1. The lowest BCUT2D eigenvalue weighted by atomic mass is 10.1. The number of benzene rings is 2. The monoisotopic (exact) mass is 477 g/mol. The summed E-state index contributed by atoms with van der Waals surface area (Å²) < 4.78 is 60.0. The Labute approximate surface area is 188 Å². The van der Waals surface area contributed by atoms with Gasteiger partial charge in [-0.3, -0.25) is 9.20 Å². The molecule has 12 heteroatoms. The number of carbonyl (C=O) groups excluding carboxylic acids is 1. The third kappa shape index (κ3) is 3.69. The molecule has 3 heterocycles. The van der Waals surface area contributed by atoms with Crippen LogP contribution in [0.1, 0.15) is 22.0 Å². The van der Waals surface area contributed by atoms with Crippen LogP contribution in [0.4, 0.5) is 23.4 Å². The molecule has 2 aromatic heterocycles. The molecule has 1 atom stereocenters. The van der Waals surface area contributed by atoms with Gasteiger partial charge in [0, 0.05) is 23.6 Å². The molecule has 1 amide bonds. The molecule has 1 aliphatic heterocycles. The second kappa shape index (κ2) is 7.51. The van der Waals surface area contributed by atoms with Crippen LogP contribution in [0.15, 0.2) is 47.8 Å². The molecule has 0 bridgehead atoms. The number of alkyl halides is 3. The molecular weight excluding hydrogens is 462 g/mol. The molecule has 0 unspecified atom stereocenters. The highest BCUT2D eigenvalue weighted by molar-refractivity contribution is 8.00. The summed E-state index contributed by atoms with van der Waals surface area (Å²) in [6.45, 7) is 0.0385. The number of likely N-dealkylation sites (N-methyl/N-ethyl adjacent to an activating group) is 1. The van der Waals surface area contributed by atoms with Crippen molar-refractivity contribution in [2.24, 2.45) is 0 Å². The zero-order valence-corrected chi connectivity index (χ0v) is 17.7. The smallest absolute Gasteiger partial charge is 0.446 e. The van der Waals surface area contributed by atoms with Crippen LogP contribution in [-0.4, -0.2) is 44.3 Å². The number of aromatic nitrogens is 3. The highest BCUT2D eigenvalue weighted by atomic mass is 32.2. The number of hydrogen-bond acceptors (Lipinski definition) is 6. The van der Waals surface area contributed by atoms with Crippen LogP contribution >= 0.6 is 11.8 Å². The zero-order chi connectivity index (χ0) is 23.5. The van der Waals surface area contributed by atoms with E-state index < -0.39 is 23.3 Å². The first-order valence-corrected chi connectivity index (χ1v) is 10.4. The fourth-order valence-electron chi connectivity index (χ4n) is 3.88. The molecule has 0 saturated carbocycles. The van der Waals surface area contributed by atoms with Gasteiger partial charge in [-0.25, -0.2) is 14.4 Å². The molecule has 170 valence electrons. The van der Waals surface area contributed by atoms with E-state index in [1.54, 1.807) is 4.40 Å². The maximum absolute atomic E-state index is 14.9. The minimum absolute atomic E-state index is 0.0208. The Morgan fingerprint density at radius 2 is 2.06 bits per heavy atom. The van der Waals surface area contributed by atoms with E-state index in [1.807, 2.05) is 0 Å². The molecule has 0 saturated heterocycles. The number of nitrogens with two attached hydrogens (primary N) is 1. The minimum Gasteiger partial charge on any atom is -0.491 e. The summed E-state index contributed by atoms with van der Waals surface area (Å²) in [6.07, 6.45) is 3.00. The summed E-state index contributed by atoms with van der Waals surface area (Å²) in [5, 5.41) is 0. The Bertz CT molecular complexity index is 1420. The first kappa shape index (κ1) is 21.3. The quantitative estimate of drug-likeness (QED) is 0.347. The van der Waals surface area contributed by atoms with Gasteiger partial charge in [0.1, 0.15) is 29.5 Å². The zero-order valence-electron chi connectivity index (χ0n) is 16.9. The molecule has 7 nitrogen and oxygen atoms in total. The first-order chi connectivity index (χ1) is 15.6. The molecule has 0 spiro atoms. The van der Waals surface area contributed by atoms with Crippen LogP contribution < -0.4 is 10.5 Å². The highest BCUT2D eigenvalue weighted by Crippen LogP contribution is 2.43. The summed E-state index contributed by atoms with van der Waals surface area (Å²) in [4.78, 5) is 22.7. The van der Waals surface area contributed by atoms with Crippen molar-refractivity contribution in [3.8, 4) is 5.75 Å². The van der Waals surface area contributed by atoms with Crippen LogP contribution in [0.5, 0.6) is 5.75 Å². The number of imidazole rings is 1. The Morgan fingerprint density at radius 1 is 1.27 bits per heavy atom. The van der Waals surface area contributed by atoms with Crippen molar-refractivity contribution in [3.63, 3.8) is 0 Å². The SMILES string of the molecule is CN(C(=O)c1cc2c(cc1F)nc(N)c1cncn12)[C@@H]1COc2cc(SC(F)(F)F)ccc21. The third-order valence-electron chi connectivity index (χ3n) is 5.46. The van der Waals surface area contributed by atoms with Crippen molar-refractivity contribution in [2.75, 3.05) is 19.4 Å². The number of anilines is 1. The minimum atomic E-state index is -4.42. The summed E-state index contributed by atoms with van der Waals surface area (Å²) >= 11 is -0.247. The fourth-order valence-corrected chi connectivity index (χ4v) is 4.45. The maximum Gasteiger partial charge on any atom is 0.446 e. The van der Waals surface area contributed by atoms with Gasteiger partial charge < -0.3 is 15.4 Å². The van der Waals surface area contributed by atoms with Gasteiger partial charge >= 0.3 is 5.51 Å². The number of nitrogens with zero attached hydrogens (tertiary/aromatic N) is 4. The normalized spacial score (nSPS) is 15.6. The largest absolute Gasteiger partial charge is 0.491 e. The van der Waals surface area contributed by atoms with Gasteiger partial charge in [0.2, 0.25) is 0 Å². The Kier molecular flexibility index (Phi) is 4.85. The molecule has 5 rings (SSSR count). The molecule has 2 N–H and O–H groups in total. The van der Waals surface area contributed by atoms with Crippen molar-refractivity contribution in [2.45, 2.75) is 16.4 Å². The summed E-state index contributed by atoms with van der Waals surface area (Å²) in [7, 11) is 1.49. The average Bonchev–Trinajstić information content (AvgIpc) is 3.39. The van der Waals surface area contributed by atoms with Gasteiger partial charge in [-0.15, -0.1) is 0 Å². The van der Waals surface area contributed by atoms with E-state index in [4.69, 9.17) is 10.5 Å². The summed E-state index contributed by atoms with van der Waals surface area (Å²) in [5.41, 5.74) is 3.05. The number of fused-ring (bicyclic) bond motifs is 4. The van der Waals surface area contributed by atoms with Gasteiger partial charge in [0.15, 0.2) is 0 Å². The van der Waals surface area contributed by atoms with Crippen molar-refractivity contribution < 1.29 is 27.1 Å². The van der Waals surface area contributed by atoms with Gasteiger partial charge in [0.25, 0.3) is 5.91 Å².